The number of hydrogen-bond acceptors (Lipinski definition) is 10. The molecular weight excluding hydrogens is 664 g/mol. The van der Waals surface area contributed by atoms with E-state index in [0.717, 1.165) is 48.6 Å². The first-order chi connectivity index (χ1) is 25.3. The lowest BCUT2D eigenvalue weighted by Gasteiger charge is -2.09. The fourth-order valence-electron chi connectivity index (χ4n) is 4.74. The van der Waals surface area contributed by atoms with Crippen LogP contribution < -0.4 is 18.9 Å². The van der Waals surface area contributed by atoms with Crippen LogP contribution in [0.5, 0.6) is 23.0 Å². The molecule has 0 saturated heterocycles. The van der Waals surface area contributed by atoms with Gasteiger partial charge in [0.25, 0.3) is 0 Å². The molecule has 0 atom stereocenters. The number of benzene rings is 4. The molecule has 52 heavy (non-hydrogen) atoms. The quantitative estimate of drug-likeness (QED) is 0.0361. The first-order valence-corrected chi connectivity index (χ1v) is 17.0. The van der Waals surface area contributed by atoms with E-state index in [4.69, 9.17) is 28.4 Å². The summed E-state index contributed by atoms with van der Waals surface area (Å²) in [7, 11) is 0. The van der Waals surface area contributed by atoms with Crippen molar-refractivity contribution >= 4 is 23.9 Å². The lowest BCUT2D eigenvalue weighted by molar-refractivity contribution is -0.138. The molecule has 0 amide bonds. The van der Waals surface area contributed by atoms with Gasteiger partial charge in [-0.15, -0.1) is 0 Å². The number of carbonyl (C=O) groups is 4. The van der Waals surface area contributed by atoms with E-state index in [1.807, 2.05) is 36.4 Å². The Bertz CT molecular complexity index is 1760. The molecule has 0 aromatic heterocycles. The normalized spacial score (nSPS) is 10.4. The van der Waals surface area contributed by atoms with Gasteiger partial charge in [-0.3, -0.25) is 0 Å². The summed E-state index contributed by atoms with van der Waals surface area (Å²) in [6.45, 7) is 8.46. The average molecular weight is 707 g/mol. The van der Waals surface area contributed by atoms with E-state index >= 15 is 0 Å². The molecule has 10 nitrogen and oxygen atoms in total. The molecule has 0 spiro atoms. The van der Waals surface area contributed by atoms with Crippen molar-refractivity contribution in [2.75, 3.05) is 26.4 Å². The van der Waals surface area contributed by atoms with Crippen molar-refractivity contribution in [3.63, 3.8) is 0 Å². The molecule has 0 bridgehead atoms. The first kappa shape index (κ1) is 38.6. The second kappa shape index (κ2) is 21.1. The van der Waals surface area contributed by atoms with Gasteiger partial charge in [-0.1, -0.05) is 37.4 Å². The molecule has 0 N–H and O–H groups in total. The SMILES string of the molecule is C=CC(=O)OCCCCCCOc1ccc(-c2ccc(C(=O)Oc3ccc(OC(=O)c4ccc(OCCCCOC(=O)C=C)cc4)cc3)cc2)cc1. The third-order valence-electron chi connectivity index (χ3n) is 7.58. The van der Waals surface area contributed by atoms with Crippen LogP contribution in [0.25, 0.3) is 11.1 Å². The van der Waals surface area contributed by atoms with E-state index < -0.39 is 23.9 Å². The van der Waals surface area contributed by atoms with Crippen LogP contribution in [-0.2, 0) is 19.1 Å². The molecule has 10 heteroatoms. The minimum Gasteiger partial charge on any atom is -0.494 e. The lowest BCUT2D eigenvalue weighted by Crippen LogP contribution is -2.09. The van der Waals surface area contributed by atoms with E-state index in [2.05, 4.69) is 13.2 Å². The number of unbranched alkanes of at least 4 members (excludes halogenated alkanes) is 4. The van der Waals surface area contributed by atoms with Gasteiger partial charge in [0.15, 0.2) is 0 Å². The summed E-state index contributed by atoms with van der Waals surface area (Å²) in [5.41, 5.74) is 2.65. The first-order valence-electron chi connectivity index (χ1n) is 17.0. The smallest absolute Gasteiger partial charge is 0.343 e. The molecule has 0 aliphatic carbocycles. The van der Waals surface area contributed by atoms with Crippen molar-refractivity contribution in [1.82, 2.24) is 0 Å². The maximum absolute atomic E-state index is 12.8. The van der Waals surface area contributed by atoms with Crippen molar-refractivity contribution in [2.45, 2.75) is 38.5 Å². The Labute approximate surface area is 303 Å². The molecule has 4 aromatic carbocycles. The van der Waals surface area contributed by atoms with Gasteiger partial charge in [-0.25, -0.2) is 19.2 Å². The molecule has 270 valence electrons. The Kier molecular flexibility index (Phi) is 15.7. The largest absolute Gasteiger partial charge is 0.494 e. The molecule has 0 aliphatic rings. The van der Waals surface area contributed by atoms with Crippen molar-refractivity contribution in [2.24, 2.45) is 0 Å². The zero-order valence-electron chi connectivity index (χ0n) is 29.0. The molecule has 0 fully saturated rings. The summed E-state index contributed by atoms with van der Waals surface area (Å²) in [5, 5.41) is 0. The second-order valence-electron chi connectivity index (χ2n) is 11.4. The highest BCUT2D eigenvalue weighted by Gasteiger charge is 2.12. The number of hydrogen-bond donors (Lipinski definition) is 0. The highest BCUT2D eigenvalue weighted by atomic mass is 16.5. The maximum atomic E-state index is 12.8. The standard InChI is InChI=1S/C42H42O10/c1-3-39(43)49-29-8-6-5-7-27-47-35-19-15-32(16-20-35)31-11-13-33(14-12-31)41(45)51-37-23-25-38(26-24-37)52-42(46)34-17-21-36(22-18-34)48-28-9-10-30-50-40(44)4-2/h3-4,11-26H,1-2,5-10,27-30H2. The van der Waals surface area contributed by atoms with Crippen LogP contribution in [0.2, 0.25) is 0 Å². The highest BCUT2D eigenvalue weighted by Crippen LogP contribution is 2.25. The van der Waals surface area contributed by atoms with E-state index in [0.29, 0.717) is 67.6 Å². The van der Waals surface area contributed by atoms with Gasteiger partial charge >= 0.3 is 23.9 Å². The Morgan fingerprint density at radius 2 is 0.750 bits per heavy atom. The van der Waals surface area contributed by atoms with Crippen LogP contribution >= 0.6 is 0 Å². The van der Waals surface area contributed by atoms with Crippen molar-refractivity contribution in [1.29, 1.82) is 0 Å². The summed E-state index contributed by atoms with van der Waals surface area (Å²) in [5.74, 6) is 0.0746. The maximum Gasteiger partial charge on any atom is 0.343 e. The van der Waals surface area contributed by atoms with Gasteiger partial charge < -0.3 is 28.4 Å². The monoisotopic (exact) mass is 706 g/mol. The van der Waals surface area contributed by atoms with E-state index in [9.17, 15) is 19.2 Å². The highest BCUT2D eigenvalue weighted by molar-refractivity contribution is 5.92. The Morgan fingerprint density at radius 3 is 1.19 bits per heavy atom. The third kappa shape index (κ3) is 13.3. The molecule has 0 radical (unpaired) electrons. The molecule has 0 unspecified atom stereocenters. The van der Waals surface area contributed by atoms with Crippen LogP contribution in [-0.4, -0.2) is 50.3 Å². The van der Waals surface area contributed by atoms with Gasteiger partial charge in [0.2, 0.25) is 0 Å². The predicted octanol–water partition coefficient (Wildman–Crippen LogP) is 8.35. The summed E-state index contributed by atoms with van der Waals surface area (Å²) < 4.78 is 32.4. The third-order valence-corrected chi connectivity index (χ3v) is 7.58. The number of ether oxygens (including phenoxy) is 6. The van der Waals surface area contributed by atoms with Crippen LogP contribution in [0.15, 0.2) is 122 Å². The fourth-order valence-corrected chi connectivity index (χ4v) is 4.74. The zero-order valence-corrected chi connectivity index (χ0v) is 29.0. The van der Waals surface area contributed by atoms with Crippen molar-refractivity contribution in [3.8, 4) is 34.1 Å². The Hall–Kier alpha value is -6.16. The predicted molar refractivity (Wildman–Crippen MR) is 196 cm³/mol. The zero-order chi connectivity index (χ0) is 37.0. The van der Waals surface area contributed by atoms with Crippen molar-refractivity contribution < 1.29 is 47.6 Å². The lowest BCUT2D eigenvalue weighted by atomic mass is 10.0. The van der Waals surface area contributed by atoms with Gasteiger partial charge in [-0.2, -0.15) is 0 Å². The fraction of sp³-hybridized carbons (Fsp3) is 0.238. The molecule has 0 aliphatic heterocycles. The molecule has 0 saturated carbocycles. The summed E-state index contributed by atoms with van der Waals surface area (Å²) >= 11 is 0. The van der Waals surface area contributed by atoms with Gasteiger partial charge in [0.1, 0.15) is 23.0 Å². The van der Waals surface area contributed by atoms with Crippen LogP contribution in [0, 0.1) is 0 Å². The Morgan fingerprint density at radius 1 is 0.423 bits per heavy atom. The Balaban J connectivity index is 1.15. The minimum atomic E-state index is -0.545. The number of esters is 4. The van der Waals surface area contributed by atoms with E-state index in [-0.39, 0.29) is 0 Å². The molecular formula is C42H42O10. The molecule has 4 rings (SSSR count). The topological polar surface area (TPSA) is 124 Å². The molecule has 0 heterocycles. The summed E-state index contributed by atoms with van der Waals surface area (Å²) in [4.78, 5) is 47.5. The van der Waals surface area contributed by atoms with Gasteiger partial charge in [0, 0.05) is 12.2 Å². The van der Waals surface area contributed by atoms with Crippen LogP contribution in [0.4, 0.5) is 0 Å². The average Bonchev–Trinajstić information content (AvgIpc) is 3.18. The van der Waals surface area contributed by atoms with Gasteiger partial charge in [-0.05, 0) is 122 Å². The second-order valence-corrected chi connectivity index (χ2v) is 11.4. The number of rotatable bonds is 21. The molecule has 4 aromatic rings. The summed E-state index contributed by atoms with van der Waals surface area (Å²) in [6, 6.07) is 27.7. The van der Waals surface area contributed by atoms with Crippen molar-refractivity contribution in [3.05, 3.63) is 133 Å². The van der Waals surface area contributed by atoms with E-state index in [1.165, 1.54) is 6.08 Å². The van der Waals surface area contributed by atoms with E-state index in [1.54, 1.807) is 60.7 Å². The van der Waals surface area contributed by atoms with Crippen LogP contribution in [0.3, 0.4) is 0 Å². The number of carbonyl (C=O) groups excluding carboxylic acids is 4. The van der Waals surface area contributed by atoms with Gasteiger partial charge in [0.05, 0.1) is 37.6 Å². The minimum absolute atomic E-state index is 0.295. The summed E-state index contributed by atoms with van der Waals surface area (Å²) in [6.07, 6.45) is 7.30. The van der Waals surface area contributed by atoms with Crippen LogP contribution in [0.1, 0.15) is 59.2 Å².